The van der Waals surface area contributed by atoms with Gasteiger partial charge in [-0.1, -0.05) is 45.9 Å². The monoisotopic (exact) mass is 307 g/mol. The molecule has 122 valence electrons. The van der Waals surface area contributed by atoms with Crippen LogP contribution < -0.4 is 0 Å². The van der Waals surface area contributed by atoms with Gasteiger partial charge in [-0.3, -0.25) is 14.6 Å². The summed E-state index contributed by atoms with van der Waals surface area (Å²) in [4.78, 5) is 27.3. The number of para-hydroxylation sites is 1. The highest BCUT2D eigenvalue weighted by Gasteiger charge is 2.42. The highest BCUT2D eigenvalue weighted by atomic mass is 16.7. The van der Waals surface area contributed by atoms with E-state index in [1.165, 1.54) is 20.1 Å². The smallest absolute Gasteiger partial charge is 0.329 e. The first kappa shape index (κ1) is 19.8. The van der Waals surface area contributed by atoms with Crippen LogP contribution in [0.5, 0.6) is 0 Å². The van der Waals surface area contributed by atoms with E-state index >= 15 is 0 Å². The van der Waals surface area contributed by atoms with Crippen molar-refractivity contribution in [1.82, 2.24) is 0 Å². The second-order valence-corrected chi connectivity index (χ2v) is 4.33. The quantitative estimate of drug-likeness (QED) is 0.472. The molecule has 1 aliphatic rings. The number of cyclic esters (lactones) is 2. The number of rotatable bonds is 2. The molecule has 5 heteroatoms. The summed E-state index contributed by atoms with van der Waals surface area (Å²) >= 11 is 0. The topological polar surface area (TPSA) is 65.0 Å². The molecule has 0 bridgehead atoms. The Morgan fingerprint density at radius 2 is 1.41 bits per heavy atom. The number of esters is 2. The Hall–Kier alpha value is -2.17. The van der Waals surface area contributed by atoms with Crippen molar-refractivity contribution in [2.45, 2.75) is 47.3 Å². The minimum Gasteiger partial charge on any atom is -0.422 e. The van der Waals surface area contributed by atoms with Crippen LogP contribution in [0.2, 0.25) is 0 Å². The van der Waals surface area contributed by atoms with Gasteiger partial charge in [-0.05, 0) is 12.1 Å². The first-order chi connectivity index (χ1) is 10.5. The van der Waals surface area contributed by atoms with Crippen LogP contribution in [-0.4, -0.2) is 23.9 Å². The average molecular weight is 307 g/mol. The van der Waals surface area contributed by atoms with E-state index in [0.717, 1.165) is 0 Å². The Labute approximate surface area is 132 Å². The van der Waals surface area contributed by atoms with Crippen LogP contribution >= 0.6 is 0 Å². The van der Waals surface area contributed by atoms with Crippen molar-refractivity contribution in [3.63, 3.8) is 0 Å². The highest BCUT2D eigenvalue weighted by molar-refractivity contribution is 6.10. The van der Waals surface area contributed by atoms with Gasteiger partial charge in [0.05, 0.1) is 5.69 Å². The lowest BCUT2D eigenvalue weighted by Gasteiger charge is -2.31. The number of hydrogen-bond acceptors (Lipinski definition) is 5. The number of benzene rings is 1. The van der Waals surface area contributed by atoms with Gasteiger partial charge in [0.1, 0.15) is 0 Å². The second kappa shape index (κ2) is 9.71. The summed E-state index contributed by atoms with van der Waals surface area (Å²) in [6.45, 7) is 11.0. The van der Waals surface area contributed by atoms with Crippen molar-refractivity contribution in [2.24, 2.45) is 10.9 Å². The summed E-state index contributed by atoms with van der Waals surface area (Å²) in [5, 5.41) is 0. The van der Waals surface area contributed by atoms with E-state index in [9.17, 15) is 9.59 Å². The standard InChI is InChI=1S/C13H13NO4.2C2H6/c1-13(2)17-11(15)10(12(16)18-13)8-14-9-6-4-3-5-7-9;2*1-2/h3-8,10H,1-2H3;2*1-2H3. The summed E-state index contributed by atoms with van der Waals surface area (Å²) in [7, 11) is 0. The van der Waals surface area contributed by atoms with Gasteiger partial charge in [0.2, 0.25) is 0 Å². The van der Waals surface area contributed by atoms with Crippen LogP contribution in [0.25, 0.3) is 0 Å². The molecule has 1 aliphatic heterocycles. The van der Waals surface area contributed by atoms with Crippen LogP contribution in [0, 0.1) is 5.92 Å². The number of carbonyl (C=O) groups excluding carboxylic acids is 2. The Morgan fingerprint density at radius 3 is 1.86 bits per heavy atom. The number of hydrogen-bond donors (Lipinski definition) is 0. The molecule has 0 amide bonds. The zero-order valence-electron chi connectivity index (χ0n) is 14.1. The summed E-state index contributed by atoms with van der Waals surface area (Å²) in [5.74, 6) is -3.59. The maximum absolute atomic E-state index is 11.6. The van der Waals surface area contributed by atoms with E-state index in [4.69, 9.17) is 9.47 Å². The maximum Gasteiger partial charge on any atom is 0.329 e. The average Bonchev–Trinajstić information content (AvgIpc) is 2.50. The maximum atomic E-state index is 11.6. The van der Waals surface area contributed by atoms with E-state index in [1.807, 2.05) is 45.9 Å². The number of nitrogens with zero attached hydrogens (tertiary/aromatic N) is 1. The molecule has 5 nitrogen and oxygen atoms in total. The van der Waals surface area contributed by atoms with Crippen molar-refractivity contribution < 1.29 is 19.1 Å². The van der Waals surface area contributed by atoms with Crippen molar-refractivity contribution >= 4 is 23.8 Å². The zero-order valence-corrected chi connectivity index (χ0v) is 14.1. The van der Waals surface area contributed by atoms with Gasteiger partial charge >= 0.3 is 11.9 Å². The Balaban J connectivity index is 0.00000102. The van der Waals surface area contributed by atoms with E-state index in [-0.39, 0.29) is 0 Å². The van der Waals surface area contributed by atoms with Gasteiger partial charge in [-0.25, -0.2) is 0 Å². The Morgan fingerprint density at radius 1 is 0.955 bits per heavy atom. The molecule has 0 aromatic heterocycles. The molecule has 0 atom stereocenters. The normalized spacial score (nSPS) is 16.6. The molecule has 1 aromatic carbocycles. The molecule has 1 aromatic rings. The van der Waals surface area contributed by atoms with Crippen LogP contribution in [0.3, 0.4) is 0 Å². The predicted octanol–water partition coefficient (Wildman–Crippen LogP) is 3.89. The molecular weight excluding hydrogens is 282 g/mol. The van der Waals surface area contributed by atoms with Gasteiger partial charge in [-0.15, -0.1) is 0 Å². The molecular formula is C17H25NO4. The molecule has 0 N–H and O–H groups in total. The van der Waals surface area contributed by atoms with E-state index in [1.54, 1.807) is 12.1 Å². The molecule has 0 aliphatic carbocycles. The van der Waals surface area contributed by atoms with Gasteiger partial charge in [-0.2, -0.15) is 0 Å². The third-order valence-corrected chi connectivity index (χ3v) is 2.33. The molecule has 1 heterocycles. The fraction of sp³-hybridized carbons (Fsp3) is 0.471. The van der Waals surface area contributed by atoms with Crippen LogP contribution in [-0.2, 0) is 19.1 Å². The molecule has 0 unspecified atom stereocenters. The summed E-state index contributed by atoms with van der Waals surface area (Å²) in [5.41, 5.74) is 0.655. The van der Waals surface area contributed by atoms with Crippen molar-refractivity contribution in [1.29, 1.82) is 0 Å². The van der Waals surface area contributed by atoms with Crippen molar-refractivity contribution in [2.75, 3.05) is 0 Å². The van der Waals surface area contributed by atoms with Gasteiger partial charge < -0.3 is 9.47 Å². The minimum absolute atomic E-state index is 0.643. The highest BCUT2D eigenvalue weighted by Crippen LogP contribution is 2.22. The van der Waals surface area contributed by atoms with Crippen LogP contribution in [0.4, 0.5) is 5.69 Å². The zero-order chi connectivity index (χ0) is 17.2. The van der Waals surface area contributed by atoms with E-state index < -0.39 is 23.6 Å². The van der Waals surface area contributed by atoms with Crippen molar-refractivity contribution in [3.8, 4) is 0 Å². The lowest BCUT2D eigenvalue weighted by molar-refractivity contribution is -0.235. The van der Waals surface area contributed by atoms with Crippen molar-refractivity contribution in [3.05, 3.63) is 30.3 Å². The van der Waals surface area contributed by atoms with Crippen LogP contribution in [0.15, 0.2) is 35.3 Å². The molecule has 0 spiro atoms. The van der Waals surface area contributed by atoms with E-state index in [0.29, 0.717) is 5.69 Å². The molecule has 1 saturated heterocycles. The Kier molecular flexibility index (Phi) is 8.75. The largest absolute Gasteiger partial charge is 0.422 e. The second-order valence-electron chi connectivity index (χ2n) is 4.33. The van der Waals surface area contributed by atoms with Gasteiger partial charge in [0.25, 0.3) is 5.79 Å². The molecule has 0 radical (unpaired) electrons. The number of carbonyl (C=O) groups is 2. The minimum atomic E-state index is -1.20. The number of ether oxygens (including phenoxy) is 2. The fourth-order valence-corrected chi connectivity index (χ4v) is 1.52. The third kappa shape index (κ3) is 6.08. The number of aliphatic imine (C=N–C) groups is 1. The third-order valence-electron chi connectivity index (χ3n) is 2.33. The lowest BCUT2D eigenvalue weighted by atomic mass is 10.1. The SMILES string of the molecule is CC.CC.CC1(C)OC(=O)C(C=Nc2ccccc2)C(=O)O1. The lowest BCUT2D eigenvalue weighted by Crippen LogP contribution is -2.46. The molecule has 2 rings (SSSR count). The first-order valence-electron chi connectivity index (χ1n) is 7.53. The van der Waals surface area contributed by atoms with Crippen LogP contribution in [0.1, 0.15) is 41.5 Å². The molecule has 0 saturated carbocycles. The summed E-state index contributed by atoms with van der Waals surface area (Å²) in [6, 6.07) is 9.01. The van der Waals surface area contributed by atoms with Gasteiger partial charge in [0, 0.05) is 20.1 Å². The molecule has 22 heavy (non-hydrogen) atoms. The van der Waals surface area contributed by atoms with E-state index in [2.05, 4.69) is 4.99 Å². The first-order valence-corrected chi connectivity index (χ1v) is 7.53. The van der Waals surface area contributed by atoms with Gasteiger partial charge in [0.15, 0.2) is 5.92 Å². The fourth-order valence-electron chi connectivity index (χ4n) is 1.52. The molecule has 1 fully saturated rings. The summed E-state index contributed by atoms with van der Waals surface area (Å²) in [6.07, 6.45) is 1.25. The Bertz CT molecular complexity index is 475. The predicted molar refractivity (Wildman–Crippen MR) is 87.0 cm³/mol. The summed E-state index contributed by atoms with van der Waals surface area (Å²) < 4.78 is 9.94.